The summed E-state index contributed by atoms with van der Waals surface area (Å²) < 4.78 is 10.5. The first-order valence-corrected chi connectivity index (χ1v) is 35.6. The molecule has 6 aromatic heterocycles. The number of benzene rings is 16. The van der Waals surface area contributed by atoms with Crippen LogP contribution >= 0.6 is 45.3 Å². The van der Waals surface area contributed by atoms with Crippen molar-refractivity contribution in [1.29, 1.82) is 0 Å². The minimum Gasteiger partial charge on any atom is -0.244 e. The summed E-state index contributed by atoms with van der Waals surface area (Å²) in [5, 5.41) is 26.8. The van der Waals surface area contributed by atoms with Gasteiger partial charge < -0.3 is 0 Å². The zero-order valence-corrected chi connectivity index (χ0v) is 54.4. The van der Waals surface area contributed by atoms with Crippen LogP contribution in [0.1, 0.15) is 0 Å². The van der Waals surface area contributed by atoms with Crippen LogP contribution in [-0.2, 0) is 0 Å². The van der Waals surface area contributed by atoms with E-state index in [1.165, 1.54) is 145 Å². The molecule has 0 saturated carbocycles. The monoisotopic (exact) mass is 1290 g/mol. The topological polar surface area (TPSA) is 51.6 Å². The van der Waals surface area contributed by atoms with Crippen molar-refractivity contribution in [2.45, 2.75) is 0 Å². The number of hydrogen-bond donors (Lipinski definition) is 0. The summed E-state index contributed by atoms with van der Waals surface area (Å²) in [4.78, 5) is 21.0. The van der Waals surface area contributed by atoms with Crippen molar-refractivity contribution in [2.24, 2.45) is 0 Å². The van der Waals surface area contributed by atoms with Crippen LogP contribution in [0.5, 0.6) is 0 Å². The summed E-state index contributed by atoms with van der Waals surface area (Å²) in [5.74, 6) is 0.744. The van der Waals surface area contributed by atoms with Crippen molar-refractivity contribution in [3.05, 3.63) is 291 Å². The lowest BCUT2D eigenvalue weighted by atomic mass is 9.93. The third-order valence-electron chi connectivity index (χ3n) is 19.7. The maximum Gasteiger partial charge on any atom is 0.160 e. The Hall–Kier alpha value is -11.4. The van der Waals surface area contributed by atoms with E-state index in [1.807, 2.05) is 57.5 Å². The average molecular weight is 1290 g/mol. The molecule has 0 amide bonds. The van der Waals surface area contributed by atoms with E-state index < -0.39 is 0 Å². The van der Waals surface area contributed by atoms with Gasteiger partial charge >= 0.3 is 0 Å². The SMILES string of the molecule is c1ccc2c(-c3cccc4c3sc3ccccc34)nc(-c3ccc4c(ccc5ccc6c(ccc7c8ccccc8sc76)c54)c3)nc2c1.c1ccc2nc(-c3ccc4c(c3)sc3ccccc34)c(-c3ccc4c(ccc5ccc6c(ccc7c8ccccc8sc76)c54)c3)nc2c1. The van der Waals surface area contributed by atoms with E-state index in [0.29, 0.717) is 0 Å². The van der Waals surface area contributed by atoms with Gasteiger partial charge in [0.1, 0.15) is 0 Å². The number of nitrogens with zero attached hydrogens (tertiary/aromatic N) is 4. The molecule has 22 rings (SSSR count). The van der Waals surface area contributed by atoms with Crippen molar-refractivity contribution < 1.29 is 0 Å². The molecule has 0 atom stereocenters. The Balaban J connectivity index is 0.000000127. The van der Waals surface area contributed by atoms with E-state index in [9.17, 15) is 0 Å². The highest BCUT2D eigenvalue weighted by molar-refractivity contribution is 7.27. The van der Waals surface area contributed by atoms with Crippen molar-refractivity contribution in [3.63, 3.8) is 0 Å². The maximum atomic E-state index is 5.33. The van der Waals surface area contributed by atoms with Gasteiger partial charge in [-0.15, -0.1) is 45.3 Å². The summed E-state index contributed by atoms with van der Waals surface area (Å²) in [5.41, 5.74) is 9.86. The molecule has 0 N–H and O–H groups in total. The van der Waals surface area contributed by atoms with Crippen molar-refractivity contribution in [1.82, 2.24) is 19.9 Å². The normalized spacial score (nSPS) is 12.2. The molecule has 6 heterocycles. The zero-order chi connectivity index (χ0) is 62.7. The first kappa shape index (κ1) is 54.1. The van der Waals surface area contributed by atoms with Gasteiger partial charge in [0.15, 0.2) is 5.82 Å². The summed E-state index contributed by atoms with van der Waals surface area (Å²) in [7, 11) is 0. The Kier molecular flexibility index (Phi) is 11.9. The predicted octanol–water partition coefficient (Wildman–Crippen LogP) is 26.3. The van der Waals surface area contributed by atoms with Gasteiger partial charge in [-0.3, -0.25) is 0 Å². The molecule has 444 valence electrons. The Labute approximate surface area is 564 Å². The van der Waals surface area contributed by atoms with E-state index >= 15 is 0 Å². The van der Waals surface area contributed by atoms with E-state index in [0.717, 1.165) is 67.1 Å². The van der Waals surface area contributed by atoms with Gasteiger partial charge in [-0.05, 0) is 115 Å². The summed E-state index contributed by atoms with van der Waals surface area (Å²) >= 11 is 7.46. The van der Waals surface area contributed by atoms with Crippen LogP contribution in [-0.4, -0.2) is 19.9 Å². The average Bonchev–Trinajstić information content (AvgIpc) is 1.32. The molecule has 16 aromatic carbocycles. The van der Waals surface area contributed by atoms with Crippen molar-refractivity contribution >= 4 is 213 Å². The Bertz CT molecular complexity index is 7110. The zero-order valence-electron chi connectivity index (χ0n) is 51.1. The van der Waals surface area contributed by atoms with Crippen LogP contribution in [0.4, 0.5) is 0 Å². The fourth-order valence-electron chi connectivity index (χ4n) is 15.2. The number of fused-ring (bicyclic) bond motifs is 26. The molecule has 4 nitrogen and oxygen atoms in total. The predicted molar refractivity (Wildman–Crippen MR) is 417 cm³/mol. The minimum absolute atomic E-state index is 0.744. The molecule has 0 unspecified atom stereocenters. The second-order valence-electron chi connectivity index (χ2n) is 25.0. The number of rotatable bonds is 4. The van der Waals surface area contributed by atoms with E-state index in [2.05, 4.69) is 279 Å². The number of thiophene rings is 4. The van der Waals surface area contributed by atoms with Crippen LogP contribution in [0.3, 0.4) is 0 Å². The molecule has 0 fully saturated rings. The molecule has 22 aromatic rings. The first-order chi connectivity index (χ1) is 47.5. The van der Waals surface area contributed by atoms with Crippen LogP contribution < -0.4 is 0 Å². The molecule has 0 aliphatic carbocycles. The number of aromatic nitrogens is 4. The second kappa shape index (κ2) is 21.1. The van der Waals surface area contributed by atoms with E-state index in [1.54, 1.807) is 0 Å². The van der Waals surface area contributed by atoms with Crippen LogP contribution in [0.25, 0.3) is 212 Å². The fourth-order valence-corrected chi connectivity index (χ4v) is 20.0. The van der Waals surface area contributed by atoms with Gasteiger partial charge in [0, 0.05) is 119 Å². The molecule has 8 heteroatoms. The van der Waals surface area contributed by atoms with E-state index in [-0.39, 0.29) is 0 Å². The molecule has 0 bridgehead atoms. The van der Waals surface area contributed by atoms with Gasteiger partial charge in [-0.25, -0.2) is 19.9 Å². The quantitative estimate of drug-likeness (QED) is 0.165. The van der Waals surface area contributed by atoms with Crippen LogP contribution in [0.15, 0.2) is 291 Å². The molecule has 0 aliphatic heterocycles. The molecule has 96 heavy (non-hydrogen) atoms. The van der Waals surface area contributed by atoms with Gasteiger partial charge in [0.05, 0.1) is 33.6 Å². The molecule has 0 aliphatic rings. The van der Waals surface area contributed by atoms with Gasteiger partial charge in [-0.1, -0.05) is 231 Å². The third kappa shape index (κ3) is 8.30. The minimum atomic E-state index is 0.744. The summed E-state index contributed by atoms with van der Waals surface area (Å²) in [6, 6.07) is 106. The van der Waals surface area contributed by atoms with Crippen LogP contribution in [0.2, 0.25) is 0 Å². The number of para-hydroxylation sites is 3. The molecular weight excluding hydrogens is 1240 g/mol. The Morgan fingerprint density at radius 1 is 0.198 bits per heavy atom. The second-order valence-corrected chi connectivity index (χ2v) is 29.3. The lowest BCUT2D eigenvalue weighted by molar-refractivity contribution is 1.23. The maximum absolute atomic E-state index is 5.33. The van der Waals surface area contributed by atoms with Crippen molar-refractivity contribution in [2.75, 3.05) is 0 Å². The lowest BCUT2D eigenvalue weighted by Crippen LogP contribution is -1.95. The highest BCUT2D eigenvalue weighted by Gasteiger charge is 2.21. The van der Waals surface area contributed by atoms with Gasteiger partial charge in [0.2, 0.25) is 0 Å². The lowest BCUT2D eigenvalue weighted by Gasteiger charge is -2.13. The highest BCUT2D eigenvalue weighted by Crippen LogP contribution is 2.47. The molecule has 0 spiro atoms. The van der Waals surface area contributed by atoms with Crippen molar-refractivity contribution in [3.8, 4) is 45.2 Å². The van der Waals surface area contributed by atoms with Gasteiger partial charge in [0.25, 0.3) is 0 Å². The first-order valence-electron chi connectivity index (χ1n) is 32.3. The Morgan fingerprint density at radius 3 is 1.16 bits per heavy atom. The fraction of sp³-hybridized carbons (Fsp3) is 0. The Morgan fingerprint density at radius 2 is 0.573 bits per heavy atom. The smallest absolute Gasteiger partial charge is 0.160 e. The molecule has 0 saturated heterocycles. The molecule has 0 radical (unpaired) electrons. The van der Waals surface area contributed by atoms with Gasteiger partial charge in [-0.2, -0.15) is 0 Å². The standard InChI is InChI=1S/2C44H24N2S2/c1-5-11-38-30(7-1)32-19-17-28(24-40(32)47-38)43-42(45-36-9-3-4-10-37(36)46-43)27-16-18-29-26(23-27)14-13-25-15-20-35-33(41(25)29)21-22-34-31-8-2-6-12-39(31)48-44(34)35;1-4-13-37-35(10-1)41(36-12-7-11-32-29-8-2-5-14-38(29)48-43(32)36)46-44(45-37)27-19-20-28-26(24-27)17-16-25-18-21-34-31(40(25)28)22-23-33-30-9-3-6-15-39(30)47-42(33)34/h2*1-24H. The van der Waals surface area contributed by atoms with E-state index in [4.69, 9.17) is 19.9 Å². The highest BCUT2D eigenvalue weighted by atomic mass is 32.1. The third-order valence-corrected chi connectivity index (χ3v) is 24.5. The summed E-state index contributed by atoms with van der Waals surface area (Å²) in [6.07, 6.45) is 0. The summed E-state index contributed by atoms with van der Waals surface area (Å²) in [6.45, 7) is 0. The largest absolute Gasteiger partial charge is 0.244 e. The number of hydrogen-bond acceptors (Lipinski definition) is 8. The van der Waals surface area contributed by atoms with Crippen LogP contribution in [0, 0.1) is 0 Å². The molecular formula is C88H48N4S4.